The lowest BCUT2D eigenvalue weighted by molar-refractivity contribution is -0.149. The number of esters is 2. The molecule has 0 N–H and O–H groups in total. The number of rotatable bonds is 10. The van der Waals surface area contributed by atoms with Crippen LogP contribution in [0.15, 0.2) is 47.6 Å². The molecular weight excluding hydrogens is 444 g/mol. The summed E-state index contributed by atoms with van der Waals surface area (Å²) in [6.45, 7) is 19.0. The lowest BCUT2D eigenvalue weighted by atomic mass is 10.0. The lowest BCUT2D eigenvalue weighted by Crippen LogP contribution is -2.22. The van der Waals surface area contributed by atoms with Crippen molar-refractivity contribution in [1.29, 1.82) is 0 Å². The van der Waals surface area contributed by atoms with Gasteiger partial charge in [0.25, 0.3) is 0 Å². The van der Waals surface area contributed by atoms with Crippen LogP contribution in [0.1, 0.15) is 94.9 Å². The van der Waals surface area contributed by atoms with Gasteiger partial charge in [-0.1, -0.05) is 38.8 Å². The molecule has 0 aromatic heterocycles. The van der Waals surface area contributed by atoms with E-state index < -0.39 is 17.0 Å². The van der Waals surface area contributed by atoms with Crippen LogP contribution in [0, 0.1) is 0 Å². The minimum atomic E-state index is -0.763. The maximum atomic E-state index is 12.2. The number of ether oxygens (including phenoxy) is 4. The van der Waals surface area contributed by atoms with Crippen molar-refractivity contribution in [3.63, 3.8) is 0 Å². The number of carbonyl (C=O) groups is 2. The summed E-state index contributed by atoms with van der Waals surface area (Å²) in [4.78, 5) is 24.3. The van der Waals surface area contributed by atoms with Gasteiger partial charge >= 0.3 is 11.9 Å². The van der Waals surface area contributed by atoms with Crippen LogP contribution in [0.4, 0.5) is 0 Å². The molecule has 2 atom stereocenters. The summed E-state index contributed by atoms with van der Waals surface area (Å²) in [6, 6.07) is 0. The average molecular weight is 491 g/mol. The van der Waals surface area contributed by atoms with Crippen LogP contribution in [0.25, 0.3) is 0 Å². The largest absolute Gasteiger partial charge is 0.457 e. The summed E-state index contributed by atoms with van der Waals surface area (Å²) in [5.74, 6) is -1.52. The fraction of sp³-hybridized carbons (Fsp3) is 0.655. The predicted molar refractivity (Wildman–Crippen MR) is 140 cm³/mol. The molecule has 0 amide bonds. The smallest absolute Gasteiger partial charge is 0.331 e. The molecule has 6 heteroatoms. The fourth-order valence-electron chi connectivity index (χ4n) is 3.54. The first-order valence-electron chi connectivity index (χ1n) is 12.6. The van der Waals surface area contributed by atoms with Crippen LogP contribution in [0.2, 0.25) is 0 Å². The van der Waals surface area contributed by atoms with Gasteiger partial charge in [-0.2, -0.15) is 0 Å². The first-order chi connectivity index (χ1) is 16.0. The molecule has 1 fully saturated rings. The van der Waals surface area contributed by atoms with E-state index in [0.717, 1.165) is 36.8 Å². The van der Waals surface area contributed by atoms with Crippen LogP contribution in [-0.2, 0) is 28.5 Å². The minimum Gasteiger partial charge on any atom is -0.457 e. The zero-order chi connectivity index (χ0) is 26.9. The number of allylic oxidation sites excluding steroid dienone is 4. The minimum absolute atomic E-state index is 0.336. The van der Waals surface area contributed by atoms with Crippen molar-refractivity contribution in [2.45, 2.75) is 124 Å². The Balaban J connectivity index is 3.17. The molecule has 0 saturated carbocycles. The van der Waals surface area contributed by atoms with Crippen LogP contribution < -0.4 is 0 Å². The van der Waals surface area contributed by atoms with Crippen molar-refractivity contribution in [3.05, 3.63) is 47.6 Å². The van der Waals surface area contributed by atoms with Crippen LogP contribution in [0.3, 0.4) is 0 Å². The van der Waals surface area contributed by atoms with E-state index >= 15 is 0 Å². The summed E-state index contributed by atoms with van der Waals surface area (Å²) in [5, 5.41) is 0. The van der Waals surface area contributed by atoms with Crippen LogP contribution >= 0.6 is 0 Å². The van der Waals surface area contributed by atoms with Crippen molar-refractivity contribution < 1.29 is 28.5 Å². The first kappa shape index (κ1) is 30.9. The lowest BCUT2D eigenvalue weighted by Gasteiger charge is -2.18. The fourth-order valence-corrected chi connectivity index (χ4v) is 3.54. The van der Waals surface area contributed by atoms with E-state index in [-0.39, 0.29) is 24.1 Å². The molecule has 6 nitrogen and oxygen atoms in total. The predicted octanol–water partition coefficient (Wildman–Crippen LogP) is 6.76. The zero-order valence-corrected chi connectivity index (χ0v) is 23.4. The highest BCUT2D eigenvalue weighted by atomic mass is 16.7. The van der Waals surface area contributed by atoms with Crippen molar-refractivity contribution in [2.75, 3.05) is 0 Å². The second kappa shape index (κ2) is 13.2. The molecule has 0 aliphatic carbocycles. The molecule has 1 rings (SSSR count). The zero-order valence-electron chi connectivity index (χ0n) is 23.4. The summed E-state index contributed by atoms with van der Waals surface area (Å²) in [5.41, 5.74) is 0.871. The summed E-state index contributed by atoms with van der Waals surface area (Å²) < 4.78 is 23.1. The van der Waals surface area contributed by atoms with Gasteiger partial charge in [0.1, 0.15) is 23.4 Å². The van der Waals surface area contributed by atoms with Crippen molar-refractivity contribution >= 4 is 11.9 Å². The molecule has 0 aromatic carbocycles. The van der Waals surface area contributed by atoms with Gasteiger partial charge in [0.05, 0.1) is 0 Å². The average Bonchev–Trinajstić information content (AvgIpc) is 2.94. The van der Waals surface area contributed by atoms with E-state index in [0.29, 0.717) is 0 Å². The van der Waals surface area contributed by atoms with Gasteiger partial charge in [-0.05, 0) is 91.5 Å². The molecule has 198 valence electrons. The molecule has 0 spiro atoms. The summed E-state index contributed by atoms with van der Waals surface area (Å²) in [7, 11) is 0. The Morgan fingerprint density at radius 2 is 1.06 bits per heavy atom. The first-order valence-corrected chi connectivity index (χ1v) is 12.6. The monoisotopic (exact) mass is 490 g/mol. The quantitative estimate of drug-likeness (QED) is 0.191. The SMILES string of the molecule is CCCC(/C=C/C(=O)OC(C)(C)C)=C\[C@H]1OC(C)(C)O[C@@H]1/C=C(/C=C/C(=O)OC(C)(C)C)CCC. The Morgan fingerprint density at radius 3 is 1.34 bits per heavy atom. The van der Waals surface area contributed by atoms with E-state index in [9.17, 15) is 9.59 Å². The van der Waals surface area contributed by atoms with Gasteiger partial charge in [0.15, 0.2) is 5.79 Å². The highest BCUT2D eigenvalue weighted by molar-refractivity contribution is 5.83. The molecule has 1 aliphatic rings. The summed E-state index contributed by atoms with van der Waals surface area (Å²) >= 11 is 0. The van der Waals surface area contributed by atoms with Gasteiger partial charge in [-0.15, -0.1) is 0 Å². The molecule has 0 radical (unpaired) electrons. The third-order valence-electron chi connectivity index (χ3n) is 4.68. The molecule has 0 unspecified atom stereocenters. The standard InChI is InChI=1S/C29H46O6/c1-11-13-21(15-17-25(30)34-27(3,4)5)19-23-24(33-29(9,10)32-23)20-22(14-12-2)16-18-26(31)35-28(6,7)8/h15-20,23-24H,11-14H2,1-10H3/b17-15+,18-16+,21-19+,22-20+/t23-,24-/m1/s1. The Morgan fingerprint density at radius 1 is 0.714 bits per heavy atom. The van der Waals surface area contributed by atoms with Crippen LogP contribution in [0.5, 0.6) is 0 Å². The highest BCUT2D eigenvalue weighted by Gasteiger charge is 2.39. The normalized spacial score (nSPS) is 21.7. The van der Waals surface area contributed by atoms with Gasteiger partial charge < -0.3 is 18.9 Å². The van der Waals surface area contributed by atoms with E-state index in [1.165, 1.54) is 12.2 Å². The second-order valence-electron chi connectivity index (χ2n) is 11.3. The Kier molecular flexibility index (Phi) is 11.7. The second-order valence-corrected chi connectivity index (χ2v) is 11.3. The molecule has 1 heterocycles. The molecule has 0 aromatic rings. The number of hydrogen-bond acceptors (Lipinski definition) is 6. The van der Waals surface area contributed by atoms with Gasteiger partial charge in [0.2, 0.25) is 0 Å². The molecule has 1 aliphatic heterocycles. The molecule has 0 bridgehead atoms. The Bertz CT molecular complexity index is 762. The van der Waals surface area contributed by atoms with E-state index in [1.807, 2.05) is 67.5 Å². The van der Waals surface area contributed by atoms with E-state index in [1.54, 1.807) is 12.2 Å². The number of hydrogen-bond donors (Lipinski definition) is 0. The Labute approximate surface area is 212 Å². The van der Waals surface area contributed by atoms with Gasteiger partial charge in [-0.25, -0.2) is 9.59 Å². The maximum absolute atomic E-state index is 12.2. The van der Waals surface area contributed by atoms with Crippen molar-refractivity contribution in [1.82, 2.24) is 0 Å². The van der Waals surface area contributed by atoms with Crippen molar-refractivity contribution in [2.24, 2.45) is 0 Å². The molecular formula is C29H46O6. The van der Waals surface area contributed by atoms with Gasteiger partial charge in [-0.3, -0.25) is 0 Å². The number of carbonyl (C=O) groups excluding carboxylic acids is 2. The maximum Gasteiger partial charge on any atom is 0.331 e. The highest BCUT2D eigenvalue weighted by Crippen LogP contribution is 2.32. The third-order valence-corrected chi connectivity index (χ3v) is 4.68. The summed E-state index contributed by atoms with van der Waals surface area (Å²) in [6.07, 6.45) is 13.3. The third kappa shape index (κ3) is 13.5. The molecule has 1 saturated heterocycles. The van der Waals surface area contributed by atoms with Crippen molar-refractivity contribution in [3.8, 4) is 0 Å². The van der Waals surface area contributed by atoms with Gasteiger partial charge in [0, 0.05) is 12.2 Å². The van der Waals surface area contributed by atoms with E-state index in [2.05, 4.69) is 13.8 Å². The van der Waals surface area contributed by atoms with Crippen LogP contribution in [-0.4, -0.2) is 41.1 Å². The topological polar surface area (TPSA) is 71.1 Å². The van der Waals surface area contributed by atoms with E-state index in [4.69, 9.17) is 18.9 Å². The molecule has 35 heavy (non-hydrogen) atoms. The Hall–Kier alpha value is -2.18.